The Hall–Kier alpha value is -2.67. The largest absolute Gasteiger partial charge is 0.388 e. The van der Waals surface area contributed by atoms with E-state index in [1.54, 1.807) is 12.4 Å². The molecule has 1 aliphatic carbocycles. The molecule has 0 saturated heterocycles. The first-order valence-corrected chi connectivity index (χ1v) is 9.08. The third-order valence-electron chi connectivity index (χ3n) is 5.09. The second-order valence-electron chi connectivity index (χ2n) is 7.11. The lowest BCUT2D eigenvalue weighted by molar-refractivity contribution is 0.00521. The van der Waals surface area contributed by atoms with Crippen molar-refractivity contribution in [2.45, 2.75) is 44.2 Å². The molecular weight excluding hydrogens is 330 g/mol. The molecule has 1 aromatic carbocycles. The minimum atomic E-state index is -0.775. The quantitative estimate of drug-likeness (QED) is 0.655. The van der Waals surface area contributed by atoms with Crippen LogP contribution in [0.25, 0.3) is 11.0 Å². The van der Waals surface area contributed by atoms with Gasteiger partial charge in [0.25, 0.3) is 5.91 Å². The Kier molecular flexibility index (Phi) is 4.46. The van der Waals surface area contributed by atoms with E-state index in [9.17, 15) is 9.90 Å². The van der Waals surface area contributed by atoms with Gasteiger partial charge in [0, 0.05) is 6.54 Å². The number of nitrogens with one attached hydrogen (secondary N) is 2. The number of imidazole rings is 1. The molecule has 0 aliphatic heterocycles. The summed E-state index contributed by atoms with van der Waals surface area (Å²) in [7, 11) is 0. The van der Waals surface area contributed by atoms with Gasteiger partial charge in [-0.15, -0.1) is 0 Å². The van der Waals surface area contributed by atoms with Gasteiger partial charge in [-0.25, -0.2) is 4.98 Å². The third-order valence-corrected chi connectivity index (χ3v) is 5.09. The van der Waals surface area contributed by atoms with Gasteiger partial charge in [0.2, 0.25) is 0 Å². The average molecular weight is 353 g/mol. The number of H-pyrrole nitrogens is 1. The Morgan fingerprint density at radius 2 is 2.08 bits per heavy atom. The summed E-state index contributed by atoms with van der Waals surface area (Å²) >= 11 is 0. The van der Waals surface area contributed by atoms with Crippen molar-refractivity contribution in [1.82, 2.24) is 25.1 Å². The molecule has 136 valence electrons. The zero-order valence-electron chi connectivity index (χ0n) is 14.6. The molecule has 7 heteroatoms. The van der Waals surface area contributed by atoms with E-state index in [0.29, 0.717) is 12.2 Å². The van der Waals surface area contributed by atoms with Crippen LogP contribution in [0.4, 0.5) is 0 Å². The van der Waals surface area contributed by atoms with Crippen LogP contribution in [0, 0.1) is 0 Å². The van der Waals surface area contributed by atoms with E-state index in [2.05, 4.69) is 20.5 Å². The minimum absolute atomic E-state index is 0.262. The number of aromatic nitrogens is 4. The van der Waals surface area contributed by atoms with Gasteiger partial charge >= 0.3 is 0 Å². The molecular formula is C19H23N5O2. The number of fused-ring (bicyclic) bond motifs is 1. The number of aromatic amines is 1. The van der Waals surface area contributed by atoms with E-state index in [1.165, 1.54) is 0 Å². The predicted molar refractivity (Wildman–Crippen MR) is 97.8 cm³/mol. The van der Waals surface area contributed by atoms with Gasteiger partial charge in [-0.1, -0.05) is 31.4 Å². The fraction of sp³-hybridized carbons (Fsp3) is 0.421. The number of rotatable bonds is 5. The van der Waals surface area contributed by atoms with Crippen LogP contribution in [0.15, 0.2) is 36.7 Å². The Labute approximate surface area is 151 Å². The summed E-state index contributed by atoms with van der Waals surface area (Å²) in [6.07, 6.45) is 6.45. The zero-order chi connectivity index (χ0) is 18.0. The van der Waals surface area contributed by atoms with E-state index >= 15 is 0 Å². The van der Waals surface area contributed by atoms with Crippen molar-refractivity contribution in [1.29, 1.82) is 0 Å². The molecule has 0 bridgehead atoms. The van der Waals surface area contributed by atoms with E-state index in [4.69, 9.17) is 0 Å². The standard InChI is InChI=1S/C19H23N5O2/c25-18(20-12-19(26)8-4-1-5-9-19)16-10-14(22-23-16)11-24-13-21-15-6-2-3-7-17(15)24/h2-3,6-7,10,13,26H,1,4-5,8-9,11-12H2,(H,20,25)(H,22,23). The van der Waals surface area contributed by atoms with E-state index in [1.807, 2.05) is 28.8 Å². The Morgan fingerprint density at radius 3 is 2.92 bits per heavy atom. The molecule has 4 rings (SSSR count). The second kappa shape index (κ2) is 6.92. The number of hydrogen-bond acceptors (Lipinski definition) is 4. The fourth-order valence-corrected chi connectivity index (χ4v) is 3.60. The van der Waals surface area contributed by atoms with E-state index in [0.717, 1.165) is 48.8 Å². The molecule has 1 amide bonds. The van der Waals surface area contributed by atoms with Crippen LogP contribution in [0.3, 0.4) is 0 Å². The molecule has 0 atom stereocenters. The van der Waals surface area contributed by atoms with E-state index < -0.39 is 5.60 Å². The minimum Gasteiger partial charge on any atom is -0.388 e. The predicted octanol–water partition coefficient (Wildman–Crippen LogP) is 2.23. The summed E-state index contributed by atoms with van der Waals surface area (Å²) in [6, 6.07) is 9.65. The van der Waals surface area contributed by atoms with Crippen LogP contribution >= 0.6 is 0 Å². The molecule has 3 N–H and O–H groups in total. The van der Waals surface area contributed by atoms with Crippen molar-refractivity contribution in [2.24, 2.45) is 0 Å². The average Bonchev–Trinajstić information content (AvgIpc) is 3.29. The second-order valence-corrected chi connectivity index (χ2v) is 7.11. The van der Waals surface area contributed by atoms with Gasteiger partial charge in [-0.05, 0) is 31.0 Å². The molecule has 0 spiro atoms. The highest BCUT2D eigenvalue weighted by atomic mass is 16.3. The van der Waals surface area contributed by atoms with Gasteiger partial charge in [-0.2, -0.15) is 5.10 Å². The van der Waals surface area contributed by atoms with Gasteiger partial charge < -0.3 is 15.0 Å². The molecule has 1 fully saturated rings. The van der Waals surface area contributed by atoms with Gasteiger partial charge in [0.05, 0.1) is 35.2 Å². The number of para-hydroxylation sites is 2. The van der Waals surface area contributed by atoms with Crippen molar-refractivity contribution < 1.29 is 9.90 Å². The first-order valence-electron chi connectivity index (χ1n) is 9.08. The van der Waals surface area contributed by atoms with Crippen LogP contribution in [-0.2, 0) is 6.54 Å². The lowest BCUT2D eigenvalue weighted by atomic mass is 9.85. The molecule has 26 heavy (non-hydrogen) atoms. The topological polar surface area (TPSA) is 95.8 Å². The number of carbonyl (C=O) groups excluding carboxylic acids is 1. The Balaban J connectivity index is 1.40. The number of hydrogen-bond donors (Lipinski definition) is 3. The lowest BCUT2D eigenvalue weighted by Gasteiger charge is -2.31. The Morgan fingerprint density at radius 1 is 1.27 bits per heavy atom. The van der Waals surface area contributed by atoms with Crippen LogP contribution in [0.1, 0.15) is 48.3 Å². The number of carbonyl (C=O) groups is 1. The number of nitrogens with zero attached hydrogens (tertiary/aromatic N) is 3. The lowest BCUT2D eigenvalue weighted by Crippen LogP contribution is -2.44. The smallest absolute Gasteiger partial charge is 0.271 e. The summed E-state index contributed by atoms with van der Waals surface area (Å²) in [4.78, 5) is 16.7. The molecule has 2 aromatic heterocycles. The van der Waals surface area contributed by atoms with Crippen molar-refractivity contribution in [3.05, 3.63) is 48.0 Å². The van der Waals surface area contributed by atoms with Crippen molar-refractivity contribution in [3.63, 3.8) is 0 Å². The number of amides is 1. The molecule has 1 aliphatic rings. The molecule has 2 heterocycles. The van der Waals surface area contributed by atoms with Crippen LogP contribution in [0.5, 0.6) is 0 Å². The van der Waals surface area contributed by atoms with Gasteiger partial charge in [-0.3, -0.25) is 9.89 Å². The molecule has 0 radical (unpaired) electrons. The summed E-state index contributed by atoms with van der Waals surface area (Å²) < 4.78 is 2.01. The number of aliphatic hydroxyl groups is 1. The number of benzene rings is 1. The molecule has 0 unspecified atom stereocenters. The van der Waals surface area contributed by atoms with Crippen LogP contribution in [-0.4, -0.2) is 42.9 Å². The van der Waals surface area contributed by atoms with E-state index in [-0.39, 0.29) is 12.5 Å². The van der Waals surface area contributed by atoms with Crippen molar-refractivity contribution >= 4 is 16.9 Å². The zero-order valence-corrected chi connectivity index (χ0v) is 14.6. The monoisotopic (exact) mass is 353 g/mol. The molecule has 1 saturated carbocycles. The summed E-state index contributed by atoms with van der Waals surface area (Å²) in [5.74, 6) is -0.262. The third kappa shape index (κ3) is 3.48. The highest BCUT2D eigenvalue weighted by Gasteiger charge is 2.29. The maximum atomic E-state index is 12.3. The first-order chi connectivity index (χ1) is 12.6. The normalized spacial score (nSPS) is 16.7. The maximum Gasteiger partial charge on any atom is 0.271 e. The van der Waals surface area contributed by atoms with Gasteiger partial charge in [0.15, 0.2) is 0 Å². The van der Waals surface area contributed by atoms with Crippen LogP contribution in [0.2, 0.25) is 0 Å². The molecule has 3 aromatic rings. The maximum absolute atomic E-state index is 12.3. The summed E-state index contributed by atoms with van der Waals surface area (Å²) in [5.41, 5.74) is 2.36. The highest BCUT2D eigenvalue weighted by Crippen LogP contribution is 2.27. The van der Waals surface area contributed by atoms with Crippen molar-refractivity contribution in [3.8, 4) is 0 Å². The Bertz CT molecular complexity index is 907. The molecule has 7 nitrogen and oxygen atoms in total. The fourth-order valence-electron chi connectivity index (χ4n) is 3.60. The first kappa shape index (κ1) is 16.8. The van der Waals surface area contributed by atoms with Crippen molar-refractivity contribution in [2.75, 3.05) is 6.54 Å². The summed E-state index contributed by atoms with van der Waals surface area (Å²) in [6.45, 7) is 0.838. The summed E-state index contributed by atoms with van der Waals surface area (Å²) in [5, 5.41) is 20.3. The SMILES string of the molecule is O=C(NCC1(O)CCCCC1)c1cc(Cn2cnc3ccccc32)[nH]n1. The van der Waals surface area contributed by atoms with Crippen LogP contribution < -0.4 is 5.32 Å². The highest BCUT2D eigenvalue weighted by molar-refractivity contribution is 5.92. The van der Waals surface area contributed by atoms with Gasteiger partial charge in [0.1, 0.15) is 5.69 Å².